The standard InChI is InChI=1S/C22H26FN5O2S/c1-14-4-5-16(23)11-18(14)25-20(29)13-31-21-9-8-19(26-27-21)28-10-2-3-15(12-28)22(30)24-17-6-7-17/h4-5,8-9,11,15,17H,2-3,6-7,10,12-13H2,1H3,(H,24,30)(H,25,29). The Hall–Kier alpha value is -2.68. The molecule has 2 heterocycles. The fourth-order valence-electron chi connectivity index (χ4n) is 3.56. The summed E-state index contributed by atoms with van der Waals surface area (Å²) in [6.07, 6.45) is 4.02. The number of anilines is 2. The number of aryl methyl sites for hydroxylation is 1. The summed E-state index contributed by atoms with van der Waals surface area (Å²) in [5, 5.41) is 15.0. The Morgan fingerprint density at radius 2 is 2.03 bits per heavy atom. The summed E-state index contributed by atoms with van der Waals surface area (Å²) >= 11 is 1.27. The van der Waals surface area contributed by atoms with Crippen LogP contribution in [0.1, 0.15) is 31.2 Å². The summed E-state index contributed by atoms with van der Waals surface area (Å²) in [4.78, 5) is 26.7. The predicted octanol–water partition coefficient (Wildman–Crippen LogP) is 3.15. The number of benzene rings is 1. The number of thioether (sulfide) groups is 1. The topological polar surface area (TPSA) is 87.2 Å². The van der Waals surface area contributed by atoms with Crippen LogP contribution in [-0.2, 0) is 9.59 Å². The van der Waals surface area contributed by atoms with Crippen LogP contribution < -0.4 is 15.5 Å². The molecule has 2 aliphatic rings. The van der Waals surface area contributed by atoms with Crippen molar-refractivity contribution in [1.82, 2.24) is 15.5 Å². The fourth-order valence-corrected chi connectivity index (χ4v) is 4.17. The molecule has 1 aromatic heterocycles. The highest BCUT2D eigenvalue weighted by molar-refractivity contribution is 7.99. The number of nitrogens with one attached hydrogen (secondary N) is 2. The average molecular weight is 444 g/mol. The number of piperidine rings is 1. The van der Waals surface area contributed by atoms with E-state index in [9.17, 15) is 14.0 Å². The van der Waals surface area contributed by atoms with Gasteiger partial charge in [-0.25, -0.2) is 4.39 Å². The zero-order valence-electron chi connectivity index (χ0n) is 17.4. The Bertz CT molecular complexity index is 951. The Kier molecular flexibility index (Phi) is 6.70. The van der Waals surface area contributed by atoms with E-state index in [4.69, 9.17) is 0 Å². The molecule has 1 aliphatic carbocycles. The molecule has 4 rings (SSSR count). The van der Waals surface area contributed by atoms with Crippen molar-refractivity contribution in [3.05, 3.63) is 41.7 Å². The van der Waals surface area contributed by atoms with Gasteiger partial charge in [0, 0.05) is 24.8 Å². The number of halogens is 1. The average Bonchev–Trinajstić information content (AvgIpc) is 3.59. The van der Waals surface area contributed by atoms with Gasteiger partial charge in [0.1, 0.15) is 10.8 Å². The maximum atomic E-state index is 13.4. The molecular formula is C22H26FN5O2S. The monoisotopic (exact) mass is 443 g/mol. The largest absolute Gasteiger partial charge is 0.354 e. The van der Waals surface area contributed by atoms with E-state index in [1.165, 1.54) is 23.9 Å². The SMILES string of the molecule is Cc1ccc(F)cc1NC(=O)CSc1ccc(N2CCCC(C(=O)NC3CC3)C2)nn1. The Labute approximate surface area is 185 Å². The highest BCUT2D eigenvalue weighted by Gasteiger charge is 2.30. The first kappa shape index (κ1) is 21.5. The molecule has 0 spiro atoms. The quantitative estimate of drug-likeness (QED) is 0.640. The van der Waals surface area contributed by atoms with Crippen molar-refractivity contribution in [2.45, 2.75) is 43.7 Å². The van der Waals surface area contributed by atoms with Crippen LogP contribution in [0, 0.1) is 18.7 Å². The van der Waals surface area contributed by atoms with Crippen LogP contribution >= 0.6 is 11.8 Å². The normalized spacial score (nSPS) is 18.5. The van der Waals surface area contributed by atoms with Gasteiger partial charge in [-0.2, -0.15) is 0 Å². The predicted molar refractivity (Wildman–Crippen MR) is 119 cm³/mol. The molecule has 2 aromatic rings. The molecule has 2 fully saturated rings. The molecule has 2 N–H and O–H groups in total. The number of carbonyl (C=O) groups is 2. The third-order valence-corrected chi connectivity index (χ3v) is 6.41. The molecule has 1 saturated carbocycles. The lowest BCUT2D eigenvalue weighted by Gasteiger charge is -2.32. The van der Waals surface area contributed by atoms with Gasteiger partial charge in [0.05, 0.1) is 11.7 Å². The molecule has 0 radical (unpaired) electrons. The van der Waals surface area contributed by atoms with E-state index in [-0.39, 0.29) is 29.3 Å². The first-order valence-electron chi connectivity index (χ1n) is 10.6. The second-order valence-corrected chi connectivity index (χ2v) is 9.09. The van der Waals surface area contributed by atoms with Crippen LogP contribution in [0.3, 0.4) is 0 Å². The first-order chi connectivity index (χ1) is 15.0. The highest BCUT2D eigenvalue weighted by atomic mass is 32.2. The van der Waals surface area contributed by atoms with Gasteiger partial charge in [-0.1, -0.05) is 17.8 Å². The second kappa shape index (κ2) is 9.64. The van der Waals surface area contributed by atoms with Crippen LogP contribution in [0.4, 0.5) is 15.9 Å². The number of carbonyl (C=O) groups excluding carboxylic acids is 2. The molecular weight excluding hydrogens is 417 g/mol. The molecule has 164 valence electrons. The minimum atomic E-state index is -0.389. The zero-order valence-corrected chi connectivity index (χ0v) is 18.3. The van der Waals surface area contributed by atoms with Gasteiger partial charge in [0.2, 0.25) is 11.8 Å². The Morgan fingerprint density at radius 3 is 2.77 bits per heavy atom. The van der Waals surface area contributed by atoms with Gasteiger partial charge in [-0.3, -0.25) is 9.59 Å². The summed E-state index contributed by atoms with van der Waals surface area (Å²) in [7, 11) is 0. The number of rotatable bonds is 7. The summed E-state index contributed by atoms with van der Waals surface area (Å²) in [5.74, 6) is 0.405. The highest BCUT2D eigenvalue weighted by Crippen LogP contribution is 2.25. The summed E-state index contributed by atoms with van der Waals surface area (Å²) in [6.45, 7) is 3.31. The van der Waals surface area contributed by atoms with Crippen molar-refractivity contribution < 1.29 is 14.0 Å². The van der Waals surface area contributed by atoms with Crippen LogP contribution in [0.15, 0.2) is 35.4 Å². The van der Waals surface area contributed by atoms with Gasteiger partial charge in [0.15, 0.2) is 5.82 Å². The summed E-state index contributed by atoms with van der Waals surface area (Å²) < 4.78 is 13.4. The third-order valence-electron chi connectivity index (χ3n) is 5.49. The van der Waals surface area contributed by atoms with E-state index in [1.807, 2.05) is 19.1 Å². The number of aromatic nitrogens is 2. The van der Waals surface area contributed by atoms with E-state index in [2.05, 4.69) is 25.7 Å². The second-order valence-electron chi connectivity index (χ2n) is 8.09. The van der Waals surface area contributed by atoms with Crippen LogP contribution in [0.5, 0.6) is 0 Å². The minimum absolute atomic E-state index is 0.0137. The molecule has 0 bridgehead atoms. The van der Waals surface area contributed by atoms with Crippen molar-refractivity contribution >= 4 is 35.1 Å². The van der Waals surface area contributed by atoms with E-state index < -0.39 is 0 Å². The van der Waals surface area contributed by atoms with Crippen molar-refractivity contribution in [2.24, 2.45) is 5.92 Å². The lowest BCUT2D eigenvalue weighted by molar-refractivity contribution is -0.125. The number of amides is 2. The van der Waals surface area contributed by atoms with Gasteiger partial charge in [0.25, 0.3) is 0 Å². The molecule has 1 aromatic carbocycles. The molecule has 7 nitrogen and oxygen atoms in total. The Balaban J connectivity index is 1.28. The number of hydrogen-bond donors (Lipinski definition) is 2. The fraction of sp³-hybridized carbons (Fsp3) is 0.455. The molecule has 2 amide bonds. The smallest absolute Gasteiger partial charge is 0.234 e. The van der Waals surface area contributed by atoms with Crippen molar-refractivity contribution in [2.75, 3.05) is 29.1 Å². The van der Waals surface area contributed by atoms with Gasteiger partial charge >= 0.3 is 0 Å². The van der Waals surface area contributed by atoms with E-state index in [0.717, 1.165) is 43.6 Å². The van der Waals surface area contributed by atoms with Gasteiger partial charge in [-0.05, 0) is 62.4 Å². The lowest BCUT2D eigenvalue weighted by atomic mass is 9.97. The molecule has 31 heavy (non-hydrogen) atoms. The summed E-state index contributed by atoms with van der Waals surface area (Å²) in [5.41, 5.74) is 1.27. The maximum Gasteiger partial charge on any atom is 0.234 e. The van der Waals surface area contributed by atoms with Crippen molar-refractivity contribution in [1.29, 1.82) is 0 Å². The van der Waals surface area contributed by atoms with E-state index >= 15 is 0 Å². The molecule has 1 aliphatic heterocycles. The molecule has 1 atom stereocenters. The third kappa shape index (κ3) is 5.94. The Morgan fingerprint density at radius 1 is 1.19 bits per heavy atom. The maximum absolute atomic E-state index is 13.4. The van der Waals surface area contributed by atoms with Crippen LogP contribution in [0.25, 0.3) is 0 Å². The van der Waals surface area contributed by atoms with Crippen molar-refractivity contribution in [3.63, 3.8) is 0 Å². The van der Waals surface area contributed by atoms with Crippen molar-refractivity contribution in [3.8, 4) is 0 Å². The molecule has 9 heteroatoms. The van der Waals surface area contributed by atoms with Gasteiger partial charge < -0.3 is 15.5 Å². The first-order valence-corrected chi connectivity index (χ1v) is 11.5. The van der Waals surface area contributed by atoms with Crippen LogP contribution in [-0.4, -0.2) is 46.9 Å². The number of nitrogens with zero attached hydrogens (tertiary/aromatic N) is 3. The molecule has 1 saturated heterocycles. The van der Waals surface area contributed by atoms with Crippen LogP contribution in [0.2, 0.25) is 0 Å². The zero-order chi connectivity index (χ0) is 21.8. The lowest BCUT2D eigenvalue weighted by Crippen LogP contribution is -2.44. The van der Waals surface area contributed by atoms with Gasteiger partial charge in [-0.15, -0.1) is 10.2 Å². The number of hydrogen-bond acceptors (Lipinski definition) is 6. The summed E-state index contributed by atoms with van der Waals surface area (Å²) in [6, 6.07) is 8.39. The minimum Gasteiger partial charge on any atom is -0.354 e. The van der Waals surface area contributed by atoms with E-state index in [1.54, 1.807) is 6.07 Å². The van der Waals surface area contributed by atoms with E-state index in [0.29, 0.717) is 23.3 Å². The molecule has 1 unspecified atom stereocenters.